The molecule has 4 aromatic carbocycles. The molecular weight excluding hydrogens is 646 g/mol. The molecule has 4 rings (SSSR count). The SMILES string of the molecule is COc1ccc(N(CC(=O)N/N=C\c2cc(Br)c(OCc3ccccc3Cl)c(OC)c2)S(=O)(=O)c2ccccc2)cc1. The summed E-state index contributed by atoms with van der Waals surface area (Å²) >= 11 is 9.73. The highest BCUT2D eigenvalue weighted by Gasteiger charge is 2.27. The largest absolute Gasteiger partial charge is 0.497 e. The van der Waals surface area contributed by atoms with Gasteiger partial charge in [-0.05, 0) is 76.1 Å². The number of halogens is 2. The maximum absolute atomic E-state index is 13.5. The van der Waals surface area contributed by atoms with E-state index >= 15 is 0 Å². The standard InChI is InChI=1S/C30H27BrClN3O6S/c1-39-24-14-12-23(13-15-24)35(42(37,38)25-9-4-3-5-10-25)19-29(36)34-33-18-21-16-26(31)30(28(17-21)40-2)41-20-22-8-6-7-11-27(22)32/h3-18H,19-20H2,1-2H3,(H,34,36)/b33-18-. The summed E-state index contributed by atoms with van der Waals surface area (Å²) in [7, 11) is -1.04. The Bertz CT molecular complexity index is 1670. The Balaban J connectivity index is 1.49. The average Bonchev–Trinajstić information content (AvgIpc) is 3.00. The molecule has 0 saturated carbocycles. The second-order valence-corrected chi connectivity index (χ2v) is 11.9. The van der Waals surface area contributed by atoms with Crippen molar-refractivity contribution in [3.63, 3.8) is 0 Å². The van der Waals surface area contributed by atoms with E-state index in [9.17, 15) is 13.2 Å². The highest BCUT2D eigenvalue weighted by atomic mass is 79.9. The van der Waals surface area contributed by atoms with Crippen LogP contribution in [0.25, 0.3) is 0 Å². The lowest BCUT2D eigenvalue weighted by molar-refractivity contribution is -0.119. The summed E-state index contributed by atoms with van der Waals surface area (Å²) in [5, 5.41) is 4.61. The molecule has 0 atom stereocenters. The molecule has 1 N–H and O–H groups in total. The molecule has 0 saturated heterocycles. The minimum Gasteiger partial charge on any atom is -0.497 e. The Morgan fingerprint density at radius 1 is 0.976 bits per heavy atom. The van der Waals surface area contributed by atoms with Crippen molar-refractivity contribution >= 4 is 55.4 Å². The molecule has 9 nitrogen and oxygen atoms in total. The lowest BCUT2D eigenvalue weighted by Gasteiger charge is -2.23. The first-order valence-electron chi connectivity index (χ1n) is 12.5. The Labute approximate surface area is 257 Å². The van der Waals surface area contributed by atoms with Crippen molar-refractivity contribution in [1.82, 2.24) is 5.43 Å². The van der Waals surface area contributed by atoms with Crippen LogP contribution in [0.5, 0.6) is 17.2 Å². The Morgan fingerprint density at radius 2 is 1.67 bits per heavy atom. The number of ether oxygens (including phenoxy) is 3. The molecule has 0 unspecified atom stereocenters. The fraction of sp³-hybridized carbons (Fsp3) is 0.133. The van der Waals surface area contributed by atoms with Crippen LogP contribution in [0.3, 0.4) is 0 Å². The third-order valence-corrected chi connectivity index (χ3v) is 8.71. The molecule has 12 heteroatoms. The van der Waals surface area contributed by atoms with Crippen LogP contribution >= 0.6 is 27.5 Å². The molecule has 0 aliphatic heterocycles. The summed E-state index contributed by atoms with van der Waals surface area (Å²) < 4.78 is 45.1. The number of sulfonamides is 1. The zero-order chi connectivity index (χ0) is 30.1. The monoisotopic (exact) mass is 671 g/mol. The van der Waals surface area contributed by atoms with Crippen molar-refractivity contribution in [2.75, 3.05) is 25.1 Å². The van der Waals surface area contributed by atoms with Gasteiger partial charge in [0.25, 0.3) is 15.9 Å². The van der Waals surface area contributed by atoms with Crippen LogP contribution in [0.4, 0.5) is 5.69 Å². The van der Waals surface area contributed by atoms with Gasteiger partial charge in [0.05, 0.1) is 35.5 Å². The minimum absolute atomic E-state index is 0.0471. The molecule has 0 spiro atoms. The maximum Gasteiger partial charge on any atom is 0.264 e. The van der Waals surface area contributed by atoms with Gasteiger partial charge in [0.1, 0.15) is 18.9 Å². The predicted octanol–water partition coefficient (Wildman–Crippen LogP) is 6.04. The Kier molecular flexibility index (Phi) is 10.5. The van der Waals surface area contributed by atoms with Crippen molar-refractivity contribution in [3.05, 3.63) is 112 Å². The van der Waals surface area contributed by atoms with E-state index in [0.717, 1.165) is 9.87 Å². The van der Waals surface area contributed by atoms with E-state index in [-0.39, 0.29) is 11.5 Å². The fourth-order valence-corrected chi connectivity index (χ4v) is 6.05. The molecule has 4 aromatic rings. The van der Waals surface area contributed by atoms with E-state index in [4.69, 9.17) is 25.8 Å². The summed E-state index contributed by atoms with van der Waals surface area (Å²) in [6, 6.07) is 25.0. The van der Waals surface area contributed by atoms with Gasteiger partial charge in [-0.3, -0.25) is 9.10 Å². The van der Waals surface area contributed by atoms with Crippen LogP contribution in [0.2, 0.25) is 5.02 Å². The summed E-state index contributed by atoms with van der Waals surface area (Å²) in [5.41, 5.74) is 4.10. The lowest BCUT2D eigenvalue weighted by atomic mass is 10.2. The van der Waals surface area contributed by atoms with E-state index in [1.165, 1.54) is 32.6 Å². The molecule has 218 valence electrons. The van der Waals surface area contributed by atoms with E-state index in [1.807, 2.05) is 18.2 Å². The highest BCUT2D eigenvalue weighted by molar-refractivity contribution is 9.10. The Morgan fingerprint density at radius 3 is 2.33 bits per heavy atom. The number of hydrogen-bond donors (Lipinski definition) is 1. The molecule has 0 heterocycles. The number of hydrazone groups is 1. The average molecular weight is 673 g/mol. The van der Waals surface area contributed by atoms with Crippen molar-refractivity contribution in [1.29, 1.82) is 0 Å². The molecular formula is C30H27BrClN3O6S. The maximum atomic E-state index is 13.5. The van der Waals surface area contributed by atoms with E-state index < -0.39 is 22.5 Å². The van der Waals surface area contributed by atoms with Gasteiger partial charge in [-0.1, -0.05) is 48.0 Å². The predicted molar refractivity (Wildman–Crippen MR) is 166 cm³/mol. The van der Waals surface area contributed by atoms with Crippen LogP contribution in [0.15, 0.2) is 105 Å². The van der Waals surface area contributed by atoms with Gasteiger partial charge in [-0.15, -0.1) is 0 Å². The van der Waals surface area contributed by atoms with Crippen molar-refractivity contribution in [2.45, 2.75) is 11.5 Å². The first-order chi connectivity index (χ1) is 20.2. The fourth-order valence-electron chi connectivity index (χ4n) is 3.85. The zero-order valence-electron chi connectivity index (χ0n) is 22.7. The topological polar surface area (TPSA) is 107 Å². The second-order valence-electron chi connectivity index (χ2n) is 8.73. The number of methoxy groups -OCH3 is 2. The summed E-state index contributed by atoms with van der Waals surface area (Å²) in [4.78, 5) is 12.9. The smallest absolute Gasteiger partial charge is 0.264 e. The third-order valence-electron chi connectivity index (χ3n) is 5.96. The molecule has 42 heavy (non-hydrogen) atoms. The number of anilines is 1. The van der Waals surface area contributed by atoms with E-state index in [1.54, 1.807) is 60.7 Å². The van der Waals surface area contributed by atoms with Crippen LogP contribution in [0, 0.1) is 0 Å². The number of carbonyl (C=O) groups is 1. The van der Waals surface area contributed by atoms with Gasteiger partial charge in [0.15, 0.2) is 11.5 Å². The van der Waals surface area contributed by atoms with Crippen LogP contribution in [0.1, 0.15) is 11.1 Å². The molecule has 0 fully saturated rings. The number of amides is 1. The zero-order valence-corrected chi connectivity index (χ0v) is 25.8. The third kappa shape index (κ3) is 7.61. The summed E-state index contributed by atoms with van der Waals surface area (Å²) in [6.07, 6.45) is 1.41. The van der Waals surface area contributed by atoms with Gasteiger partial charge in [0, 0.05) is 10.6 Å². The first kappa shape index (κ1) is 30.9. The van der Waals surface area contributed by atoms with Gasteiger partial charge < -0.3 is 14.2 Å². The highest BCUT2D eigenvalue weighted by Crippen LogP contribution is 2.37. The molecule has 0 bridgehead atoms. The summed E-state index contributed by atoms with van der Waals surface area (Å²) in [6.45, 7) is -0.280. The van der Waals surface area contributed by atoms with Crippen molar-refractivity contribution < 1.29 is 27.4 Å². The number of nitrogens with one attached hydrogen (secondary N) is 1. The first-order valence-corrected chi connectivity index (χ1v) is 15.1. The quantitative estimate of drug-likeness (QED) is 0.145. The van der Waals surface area contributed by atoms with E-state index in [0.29, 0.717) is 38.0 Å². The number of benzene rings is 4. The number of rotatable bonds is 12. The second kappa shape index (κ2) is 14.2. The van der Waals surface area contributed by atoms with Crippen LogP contribution < -0.4 is 23.9 Å². The van der Waals surface area contributed by atoms with Crippen molar-refractivity contribution in [3.8, 4) is 17.2 Å². The molecule has 0 aliphatic carbocycles. The number of nitrogens with zero attached hydrogens (tertiary/aromatic N) is 2. The van der Waals surface area contributed by atoms with Gasteiger partial charge in [-0.2, -0.15) is 5.10 Å². The van der Waals surface area contributed by atoms with Gasteiger partial charge >= 0.3 is 0 Å². The van der Waals surface area contributed by atoms with Gasteiger partial charge in [-0.25, -0.2) is 13.8 Å². The van der Waals surface area contributed by atoms with Gasteiger partial charge in [0.2, 0.25) is 0 Å². The Hall–Kier alpha value is -4.06. The minimum atomic E-state index is -4.06. The molecule has 0 aliphatic rings. The number of carbonyl (C=O) groups excluding carboxylic acids is 1. The van der Waals surface area contributed by atoms with Crippen LogP contribution in [-0.2, 0) is 21.4 Å². The normalized spacial score (nSPS) is 11.2. The van der Waals surface area contributed by atoms with E-state index in [2.05, 4.69) is 26.5 Å². The lowest BCUT2D eigenvalue weighted by Crippen LogP contribution is -2.39. The molecule has 1 amide bonds. The molecule has 0 aromatic heterocycles. The van der Waals surface area contributed by atoms with Crippen molar-refractivity contribution in [2.24, 2.45) is 5.10 Å². The van der Waals surface area contributed by atoms with Crippen LogP contribution in [-0.4, -0.2) is 41.3 Å². The summed E-state index contributed by atoms with van der Waals surface area (Å²) in [5.74, 6) is 0.808. The molecule has 0 radical (unpaired) electrons. The number of hydrogen-bond acceptors (Lipinski definition) is 7.